The van der Waals surface area contributed by atoms with Crippen molar-refractivity contribution in [3.05, 3.63) is 223 Å². The molecule has 0 saturated carbocycles. The molecule has 0 atom stereocenters. The number of nitro benzene ring substituents is 1. The van der Waals surface area contributed by atoms with E-state index >= 15 is 35.1 Å². The normalized spacial score (nSPS) is 11.5. The van der Waals surface area contributed by atoms with Crippen LogP contribution in [-0.4, -0.2) is 16.9 Å². The number of non-ortho nitro benzene ring substituents is 1. The quantitative estimate of drug-likeness (QED) is 0.0200. The summed E-state index contributed by atoms with van der Waals surface area (Å²) < 4.78 is 302. The molecule has 0 aliphatic rings. The summed E-state index contributed by atoms with van der Waals surface area (Å²) in [4.78, 5) is 23.4. The van der Waals surface area contributed by atoms with E-state index in [0.29, 0.717) is 17.2 Å². The average Bonchev–Trinajstić information content (AvgIpc) is 3.39. The second kappa shape index (κ2) is 20.2. The zero-order valence-electron chi connectivity index (χ0n) is 35.5. The highest BCUT2D eigenvalue weighted by Gasteiger charge is 2.52. The molecule has 0 aliphatic carbocycles. The predicted molar refractivity (Wildman–Crippen MR) is 217 cm³/mol. The van der Waals surface area contributed by atoms with E-state index in [1.807, 2.05) is 48.5 Å². The molecule has 27 heteroatoms. The Labute approximate surface area is 398 Å². The summed E-state index contributed by atoms with van der Waals surface area (Å²) in [6.45, 7) is 0.0824. The van der Waals surface area contributed by atoms with Crippen molar-refractivity contribution in [1.82, 2.24) is 0 Å². The molecule has 0 radical (unpaired) electrons. The summed E-state index contributed by atoms with van der Waals surface area (Å²) in [6, 6.07) is 24.6. The van der Waals surface area contributed by atoms with Gasteiger partial charge in [0.2, 0.25) is 12.3 Å². The van der Waals surface area contributed by atoms with E-state index in [1.54, 1.807) is 35.0 Å². The van der Waals surface area contributed by atoms with Crippen molar-refractivity contribution in [2.45, 2.75) is 6.54 Å². The molecule has 0 unspecified atom stereocenters. The number of halogens is 20. The van der Waals surface area contributed by atoms with Crippen molar-refractivity contribution in [1.29, 1.82) is 0 Å². The van der Waals surface area contributed by atoms with Crippen LogP contribution in [0.2, 0.25) is 0 Å². The zero-order valence-corrected chi connectivity index (χ0v) is 35.5. The second-order valence-electron chi connectivity index (χ2n) is 15.3. The van der Waals surface area contributed by atoms with Gasteiger partial charge in [-0.2, -0.15) is 4.57 Å². The maximum absolute atomic E-state index is 15.4. The molecule has 6 nitrogen and oxygen atoms in total. The molecule has 7 aromatic carbocycles. The van der Waals surface area contributed by atoms with E-state index in [1.165, 1.54) is 12.1 Å². The molecular weight excluding hydrogens is 1050 g/mol. The van der Waals surface area contributed by atoms with E-state index in [-0.39, 0.29) is 18.0 Å². The lowest BCUT2D eigenvalue weighted by molar-refractivity contribution is -0.685. The van der Waals surface area contributed by atoms with Crippen LogP contribution < -0.4 is 31.2 Å². The predicted octanol–water partition coefficient (Wildman–Crippen LogP) is 10.6. The van der Waals surface area contributed by atoms with Gasteiger partial charge in [0.25, 0.3) is 5.69 Å². The van der Waals surface area contributed by atoms with Crippen molar-refractivity contribution in [3.63, 3.8) is 0 Å². The topological polar surface area (TPSA) is 73.3 Å². The van der Waals surface area contributed by atoms with E-state index in [2.05, 4.69) is 0 Å². The minimum atomic E-state index is -7.22. The Bertz CT molecular complexity index is 3260. The first-order valence-corrected chi connectivity index (χ1v) is 20.0. The molecule has 0 fully saturated rings. The van der Waals surface area contributed by atoms with Gasteiger partial charge in [-0.05, 0) is 17.5 Å². The maximum Gasteiger partial charge on any atom is 0.381 e. The second-order valence-corrected chi connectivity index (χ2v) is 15.3. The third-order valence-electron chi connectivity index (χ3n) is 11.2. The van der Waals surface area contributed by atoms with Gasteiger partial charge in [-0.3, -0.25) is 14.9 Å². The minimum absolute atomic E-state index is 0.0604. The first kappa shape index (κ1) is 53.3. The van der Waals surface area contributed by atoms with Crippen molar-refractivity contribution < 1.29 is 107 Å². The fourth-order valence-electron chi connectivity index (χ4n) is 7.98. The molecule has 0 bridgehead atoms. The van der Waals surface area contributed by atoms with Gasteiger partial charge in [0.05, 0.1) is 16.4 Å². The lowest BCUT2D eigenvalue weighted by atomic mass is 9.12. The smallest absolute Gasteiger partial charge is 0.381 e. The Morgan fingerprint density at radius 2 is 0.797 bits per heavy atom. The first-order valence-electron chi connectivity index (χ1n) is 20.0. The number of aromatic nitrogens is 1. The summed E-state index contributed by atoms with van der Waals surface area (Å²) in [5, 5.41) is 12.8. The van der Waals surface area contributed by atoms with Gasteiger partial charge in [-0.25, -0.2) is 87.8 Å². The number of benzene rings is 7. The Morgan fingerprint density at radius 1 is 0.446 bits per heavy atom. The number of hydrogen-bond donors (Lipinski definition) is 0. The van der Waals surface area contributed by atoms with Crippen molar-refractivity contribution in [2.24, 2.45) is 0 Å². The molecule has 8 rings (SSSR count). The molecular formula is C47H17BF20N2O4. The molecule has 0 saturated heterocycles. The fourth-order valence-corrected chi connectivity index (χ4v) is 7.98. The van der Waals surface area contributed by atoms with Crippen molar-refractivity contribution in [3.8, 4) is 11.6 Å². The number of hydrogen-bond acceptors (Lipinski definition) is 4. The number of nitro groups is 1. The standard InChI is InChI=1S/C24BF20.C23H17N2O4/c26-5-1(6(27)14(35)21(42)13(5)34)25(2-7(28)15(36)22(43)16(37)8(2)29,3-9(30)17(38)23(44)18(39)10(3)31)4-11(32)19(40)24(45)20(41)12(4)33;26-22(18-8-2-1-3-9-18)16-24-14-13-17-7-4-5-12-21(17)23(24)29-20-11-6-10-19(15-20)25(27)28/h;1-15H,16H2/q-1;+1. The van der Waals surface area contributed by atoms with Crippen LogP contribution in [0.15, 0.2) is 91.1 Å². The van der Waals surface area contributed by atoms with E-state index < -0.39 is 149 Å². The Hall–Kier alpha value is -8.52. The van der Waals surface area contributed by atoms with Gasteiger partial charge in [0.1, 0.15) is 58.4 Å². The maximum atomic E-state index is 15.4. The van der Waals surface area contributed by atoms with Crippen molar-refractivity contribution in [2.75, 3.05) is 0 Å². The third-order valence-corrected chi connectivity index (χ3v) is 11.2. The number of ketones is 1. The van der Waals surface area contributed by atoms with Gasteiger partial charge in [0, 0.05) is 17.7 Å². The van der Waals surface area contributed by atoms with Crippen LogP contribution in [0.4, 0.5) is 93.5 Å². The highest BCUT2D eigenvalue weighted by atomic mass is 19.2. The van der Waals surface area contributed by atoms with Gasteiger partial charge >= 0.3 is 5.88 Å². The zero-order chi connectivity index (χ0) is 54.6. The molecule has 0 amide bonds. The Morgan fingerprint density at radius 3 is 1.18 bits per heavy atom. The number of nitrogens with zero attached hydrogens (tertiary/aromatic N) is 2. The lowest BCUT2D eigenvalue weighted by Crippen LogP contribution is -2.81. The summed E-state index contributed by atoms with van der Waals surface area (Å²) in [6.07, 6.45) is -5.43. The van der Waals surface area contributed by atoms with Crippen molar-refractivity contribution >= 4 is 50.2 Å². The molecule has 382 valence electrons. The molecule has 0 spiro atoms. The van der Waals surface area contributed by atoms with Gasteiger partial charge in [-0.1, -0.05) is 54.6 Å². The fraction of sp³-hybridized carbons (Fsp3) is 0.0213. The molecule has 8 aromatic rings. The molecule has 0 aliphatic heterocycles. The third kappa shape index (κ3) is 8.63. The Balaban J connectivity index is 0.000000237. The SMILES string of the molecule is Fc1c(F)c(F)c([B-](c2c(F)c(F)c(F)c(F)c2F)(c2c(F)c(F)c(F)c(F)c2F)c2c(F)c(F)c(F)c(F)c2F)c(F)c1F.O=C(C[n+]1ccc2ccccc2c1Oc1cccc([N+](=O)[O-])c1)c1ccccc1. The van der Waals surface area contributed by atoms with Gasteiger partial charge in [-0.15, -0.1) is 21.9 Å². The average molecular weight is 1060 g/mol. The van der Waals surface area contributed by atoms with Crippen LogP contribution in [0.3, 0.4) is 0 Å². The summed E-state index contributed by atoms with van der Waals surface area (Å²) in [5.41, 5.74) is -13.8. The van der Waals surface area contributed by atoms with E-state index in [0.717, 1.165) is 10.8 Å². The molecule has 0 N–H and O–H groups in total. The molecule has 74 heavy (non-hydrogen) atoms. The van der Waals surface area contributed by atoms with E-state index in [4.69, 9.17) is 4.74 Å². The monoisotopic (exact) mass is 1060 g/mol. The number of rotatable bonds is 10. The van der Waals surface area contributed by atoms with Crippen LogP contribution in [0, 0.1) is 126 Å². The van der Waals surface area contributed by atoms with Crippen LogP contribution in [0.5, 0.6) is 11.6 Å². The number of ether oxygens (including phenoxy) is 1. The first-order chi connectivity index (χ1) is 34.8. The van der Waals surface area contributed by atoms with Crippen LogP contribution in [0.25, 0.3) is 10.8 Å². The van der Waals surface area contributed by atoms with Crippen LogP contribution in [-0.2, 0) is 6.54 Å². The number of Topliss-reactive ketones (excluding diaryl/α,β-unsaturated/α-hetero) is 1. The van der Waals surface area contributed by atoms with Gasteiger partial charge < -0.3 is 4.74 Å². The highest BCUT2D eigenvalue weighted by Crippen LogP contribution is 2.32. The number of fused-ring (bicyclic) bond motifs is 1. The van der Waals surface area contributed by atoms with Crippen LogP contribution >= 0.6 is 0 Å². The lowest BCUT2D eigenvalue weighted by Gasteiger charge is -2.44. The largest absolute Gasteiger partial charge is 0.404 e. The summed E-state index contributed by atoms with van der Waals surface area (Å²) >= 11 is 0. The summed E-state index contributed by atoms with van der Waals surface area (Å²) in [7, 11) is 0. The number of carbonyl (C=O) groups excluding carboxylic acids is 1. The number of pyridine rings is 1. The summed E-state index contributed by atoms with van der Waals surface area (Å²) in [5.74, 6) is -70.7. The highest BCUT2D eigenvalue weighted by molar-refractivity contribution is 7.20. The van der Waals surface area contributed by atoms with Gasteiger partial charge in [0.15, 0.2) is 76.0 Å². The molecule has 1 heterocycles. The minimum Gasteiger partial charge on any atom is -0.404 e. The van der Waals surface area contributed by atoms with E-state index in [9.17, 15) is 67.6 Å². The Kier molecular flexibility index (Phi) is 14.5. The van der Waals surface area contributed by atoms with Crippen LogP contribution in [0.1, 0.15) is 10.4 Å². The number of carbonyl (C=O) groups is 1. The molecule has 1 aromatic heterocycles.